The van der Waals surface area contributed by atoms with E-state index in [0.29, 0.717) is 29.4 Å². The monoisotopic (exact) mass is 364 g/mol. The molecule has 1 amide bonds. The van der Waals surface area contributed by atoms with Crippen LogP contribution in [0.1, 0.15) is 38.0 Å². The molecule has 0 saturated carbocycles. The van der Waals surface area contributed by atoms with E-state index in [0.717, 1.165) is 0 Å². The highest BCUT2D eigenvalue weighted by atomic mass is 32.2. The number of nitrogens with zero attached hydrogens (tertiary/aromatic N) is 2. The molecule has 0 atom stereocenters. The average Bonchev–Trinajstić information content (AvgIpc) is 3.11. The second kappa shape index (κ2) is 6.23. The van der Waals surface area contributed by atoms with E-state index in [4.69, 9.17) is 4.52 Å². The molecule has 134 valence electrons. The van der Waals surface area contributed by atoms with Crippen molar-refractivity contribution in [1.82, 2.24) is 14.9 Å². The second-order valence-corrected chi connectivity index (χ2v) is 8.72. The van der Waals surface area contributed by atoms with Gasteiger partial charge >= 0.3 is 0 Å². The fraction of sp³-hybridized carbons (Fsp3) is 0.438. The number of carbonyl (C=O) groups excluding carboxylic acids is 1. The third kappa shape index (κ3) is 3.88. The Morgan fingerprint density at radius 3 is 2.76 bits per heavy atom. The number of hydrogen-bond donors (Lipinski definition) is 2. The molecule has 2 aromatic rings. The van der Waals surface area contributed by atoms with E-state index >= 15 is 0 Å². The molecule has 0 spiro atoms. The summed E-state index contributed by atoms with van der Waals surface area (Å²) in [5, 5.41) is 6.54. The Morgan fingerprint density at radius 2 is 2.08 bits per heavy atom. The van der Waals surface area contributed by atoms with Gasteiger partial charge in [0.2, 0.25) is 21.8 Å². The van der Waals surface area contributed by atoms with E-state index in [-0.39, 0.29) is 29.2 Å². The predicted octanol–water partition coefficient (Wildman–Crippen LogP) is 1.38. The topological polar surface area (TPSA) is 114 Å². The van der Waals surface area contributed by atoms with E-state index in [9.17, 15) is 13.2 Å². The van der Waals surface area contributed by atoms with E-state index in [2.05, 4.69) is 20.2 Å². The van der Waals surface area contributed by atoms with Gasteiger partial charge in [-0.3, -0.25) is 4.79 Å². The van der Waals surface area contributed by atoms with Crippen molar-refractivity contribution in [2.75, 3.05) is 11.9 Å². The first-order valence-electron chi connectivity index (χ1n) is 7.91. The van der Waals surface area contributed by atoms with Crippen LogP contribution in [0.5, 0.6) is 0 Å². The van der Waals surface area contributed by atoms with Crippen LogP contribution in [0, 0.1) is 0 Å². The summed E-state index contributed by atoms with van der Waals surface area (Å²) in [7, 11) is -3.67. The van der Waals surface area contributed by atoms with Crippen LogP contribution in [-0.2, 0) is 33.1 Å². The number of benzene rings is 1. The number of anilines is 1. The molecule has 1 aromatic heterocycles. The van der Waals surface area contributed by atoms with Crippen LogP contribution in [-0.4, -0.2) is 31.0 Å². The Hall–Kier alpha value is -2.26. The highest BCUT2D eigenvalue weighted by molar-refractivity contribution is 7.89. The minimum absolute atomic E-state index is 0.131. The Bertz CT molecular complexity index is 912. The van der Waals surface area contributed by atoms with Gasteiger partial charge < -0.3 is 9.84 Å². The minimum atomic E-state index is -3.67. The Kier molecular flexibility index (Phi) is 4.38. The van der Waals surface area contributed by atoms with E-state index in [1.807, 2.05) is 20.8 Å². The maximum atomic E-state index is 12.4. The molecule has 9 heteroatoms. The zero-order valence-electron chi connectivity index (χ0n) is 14.3. The molecule has 3 rings (SSSR count). The lowest BCUT2D eigenvalue weighted by molar-refractivity contribution is -0.115. The molecule has 8 nitrogen and oxygen atoms in total. The van der Waals surface area contributed by atoms with E-state index in [1.54, 1.807) is 6.07 Å². The van der Waals surface area contributed by atoms with E-state index in [1.165, 1.54) is 12.1 Å². The number of amides is 1. The number of sulfonamides is 1. The molecule has 0 bridgehead atoms. The van der Waals surface area contributed by atoms with Gasteiger partial charge in [-0.05, 0) is 23.8 Å². The summed E-state index contributed by atoms with van der Waals surface area (Å²) < 4.78 is 32.5. The molecular formula is C16H20N4O4S. The van der Waals surface area contributed by atoms with Gasteiger partial charge in [0, 0.05) is 24.1 Å². The van der Waals surface area contributed by atoms with Crippen molar-refractivity contribution >= 4 is 21.6 Å². The molecular weight excluding hydrogens is 344 g/mol. The van der Waals surface area contributed by atoms with Crippen molar-refractivity contribution in [3.63, 3.8) is 0 Å². The van der Waals surface area contributed by atoms with Gasteiger partial charge in [-0.15, -0.1) is 0 Å². The van der Waals surface area contributed by atoms with Gasteiger partial charge in [0.25, 0.3) is 0 Å². The van der Waals surface area contributed by atoms with Crippen molar-refractivity contribution in [2.24, 2.45) is 0 Å². The number of hydrogen-bond acceptors (Lipinski definition) is 6. The standard InChI is InChI=1S/C16H20N4O4S/c1-16(2,3)15-19-13(20-24-15)6-7-17-25(22,23)11-4-5-12-10(8-11)9-14(21)18-12/h4-5,8,17H,6-7,9H2,1-3H3,(H,18,21). The Morgan fingerprint density at radius 1 is 1.32 bits per heavy atom. The molecule has 0 fully saturated rings. The molecule has 0 aliphatic carbocycles. The lowest BCUT2D eigenvalue weighted by Crippen LogP contribution is -2.26. The molecule has 0 saturated heterocycles. The third-order valence-corrected chi connectivity index (χ3v) is 5.22. The van der Waals surface area contributed by atoms with Crippen LogP contribution in [0.25, 0.3) is 0 Å². The zero-order valence-corrected chi connectivity index (χ0v) is 15.1. The van der Waals surface area contributed by atoms with Crippen molar-refractivity contribution in [1.29, 1.82) is 0 Å². The van der Waals surface area contributed by atoms with Gasteiger partial charge in [-0.25, -0.2) is 13.1 Å². The van der Waals surface area contributed by atoms with Crippen LogP contribution in [0.2, 0.25) is 0 Å². The summed E-state index contributed by atoms with van der Waals surface area (Å²) in [4.78, 5) is 15.8. The van der Waals surface area contributed by atoms with Crippen molar-refractivity contribution in [3.05, 3.63) is 35.5 Å². The molecule has 25 heavy (non-hydrogen) atoms. The second-order valence-electron chi connectivity index (χ2n) is 6.96. The quantitative estimate of drug-likeness (QED) is 0.828. The van der Waals surface area contributed by atoms with Gasteiger partial charge in [0.1, 0.15) is 0 Å². The van der Waals surface area contributed by atoms with Crippen LogP contribution in [0.4, 0.5) is 5.69 Å². The molecule has 2 N–H and O–H groups in total. The Balaban J connectivity index is 1.64. The molecule has 0 radical (unpaired) electrons. The van der Waals surface area contributed by atoms with Crippen LogP contribution in [0.3, 0.4) is 0 Å². The molecule has 1 aliphatic rings. The lowest BCUT2D eigenvalue weighted by Gasteiger charge is -2.10. The van der Waals surface area contributed by atoms with Crippen LogP contribution < -0.4 is 10.0 Å². The molecule has 1 aromatic carbocycles. The first-order chi connectivity index (χ1) is 11.6. The molecule has 2 heterocycles. The maximum absolute atomic E-state index is 12.4. The summed E-state index contributed by atoms with van der Waals surface area (Å²) in [6.07, 6.45) is 0.515. The summed E-state index contributed by atoms with van der Waals surface area (Å²) in [5.74, 6) is 0.835. The van der Waals surface area contributed by atoms with Crippen LogP contribution in [0.15, 0.2) is 27.6 Å². The number of fused-ring (bicyclic) bond motifs is 1. The number of carbonyl (C=O) groups is 1. The summed E-state index contributed by atoms with van der Waals surface area (Å²) in [6.45, 7) is 6.03. The smallest absolute Gasteiger partial charge is 0.240 e. The number of aromatic nitrogens is 2. The van der Waals surface area contributed by atoms with Gasteiger partial charge in [-0.2, -0.15) is 4.98 Å². The highest BCUT2D eigenvalue weighted by Gasteiger charge is 2.23. The van der Waals surface area contributed by atoms with Gasteiger partial charge in [-0.1, -0.05) is 25.9 Å². The van der Waals surface area contributed by atoms with Crippen molar-refractivity contribution < 1.29 is 17.7 Å². The van der Waals surface area contributed by atoms with E-state index < -0.39 is 10.0 Å². The predicted molar refractivity (Wildman–Crippen MR) is 90.7 cm³/mol. The number of rotatable bonds is 5. The summed E-state index contributed by atoms with van der Waals surface area (Å²) in [6, 6.07) is 4.59. The van der Waals surface area contributed by atoms with Gasteiger partial charge in [0.15, 0.2) is 5.82 Å². The summed E-state index contributed by atoms with van der Waals surface area (Å²) >= 11 is 0. The van der Waals surface area contributed by atoms with Gasteiger partial charge in [0.05, 0.1) is 11.3 Å². The summed E-state index contributed by atoms with van der Waals surface area (Å²) in [5.41, 5.74) is 1.09. The number of nitrogens with one attached hydrogen (secondary N) is 2. The van der Waals surface area contributed by atoms with Crippen molar-refractivity contribution in [3.8, 4) is 0 Å². The van der Waals surface area contributed by atoms with Crippen molar-refractivity contribution in [2.45, 2.75) is 43.9 Å². The fourth-order valence-corrected chi connectivity index (χ4v) is 3.50. The highest BCUT2D eigenvalue weighted by Crippen LogP contribution is 2.25. The normalized spacial score (nSPS) is 14.4. The maximum Gasteiger partial charge on any atom is 0.240 e. The zero-order chi connectivity index (χ0) is 18.2. The first kappa shape index (κ1) is 17.6. The molecule has 0 unspecified atom stereocenters. The SMILES string of the molecule is CC(C)(C)c1nc(CCNS(=O)(=O)c2ccc3c(c2)CC(=O)N3)no1. The Labute approximate surface area is 146 Å². The fourth-order valence-electron chi connectivity index (χ4n) is 2.41. The molecule has 1 aliphatic heterocycles. The average molecular weight is 364 g/mol. The van der Waals surface area contributed by atoms with Crippen LogP contribution >= 0.6 is 0 Å². The lowest BCUT2D eigenvalue weighted by atomic mass is 9.97. The first-order valence-corrected chi connectivity index (χ1v) is 9.39. The third-order valence-electron chi connectivity index (χ3n) is 3.76. The minimum Gasteiger partial charge on any atom is -0.339 e. The largest absolute Gasteiger partial charge is 0.339 e.